The first-order valence-corrected chi connectivity index (χ1v) is 21.1. The van der Waals surface area contributed by atoms with Crippen LogP contribution in [0.1, 0.15) is 0 Å². The van der Waals surface area contributed by atoms with Crippen molar-refractivity contribution < 1.29 is 0 Å². The van der Waals surface area contributed by atoms with Crippen molar-refractivity contribution in [2.75, 3.05) is 9.80 Å². The number of benzene rings is 12. The minimum atomic E-state index is 1.13. The van der Waals surface area contributed by atoms with Gasteiger partial charge in [0.1, 0.15) is 0 Å². The highest BCUT2D eigenvalue weighted by molar-refractivity contribution is 7.25. The minimum absolute atomic E-state index is 1.13. The van der Waals surface area contributed by atoms with Crippen molar-refractivity contribution in [3.63, 3.8) is 0 Å². The molecule has 2 nitrogen and oxygen atoms in total. The summed E-state index contributed by atoms with van der Waals surface area (Å²) in [5, 5.41) is 17.9. The Morgan fingerprint density at radius 2 is 0.627 bits per heavy atom. The second-order valence-corrected chi connectivity index (χ2v) is 16.8. The predicted molar refractivity (Wildman–Crippen MR) is 256 cm³/mol. The molecular weight excluding hydrogens is 733 g/mol. The highest BCUT2D eigenvalue weighted by Crippen LogP contribution is 2.48. The van der Waals surface area contributed by atoms with Crippen LogP contribution in [0.2, 0.25) is 0 Å². The van der Waals surface area contributed by atoms with Crippen molar-refractivity contribution in [3.05, 3.63) is 206 Å². The van der Waals surface area contributed by atoms with Gasteiger partial charge < -0.3 is 9.80 Å². The van der Waals surface area contributed by atoms with Gasteiger partial charge in [-0.1, -0.05) is 133 Å². The van der Waals surface area contributed by atoms with Gasteiger partial charge in [-0.2, -0.15) is 0 Å². The number of anilines is 6. The lowest BCUT2D eigenvalue weighted by Gasteiger charge is -2.28. The van der Waals surface area contributed by atoms with Gasteiger partial charge >= 0.3 is 0 Å². The first-order chi connectivity index (χ1) is 29.2. The van der Waals surface area contributed by atoms with Gasteiger partial charge in [-0.15, -0.1) is 11.3 Å². The lowest BCUT2D eigenvalue weighted by molar-refractivity contribution is 1.30. The number of para-hydroxylation sites is 2. The zero-order valence-electron chi connectivity index (χ0n) is 31.9. The molecule has 0 amide bonds. The molecule has 0 fully saturated rings. The smallest absolute Gasteiger partial charge is 0.0540 e. The largest absolute Gasteiger partial charge is 0.310 e. The molecule has 59 heavy (non-hydrogen) atoms. The van der Waals surface area contributed by atoms with Gasteiger partial charge in [-0.3, -0.25) is 0 Å². The molecule has 3 heteroatoms. The zero-order chi connectivity index (χ0) is 38.6. The molecular formula is C56H34N2S. The summed E-state index contributed by atoms with van der Waals surface area (Å²) in [5.41, 5.74) is 6.88. The molecule has 0 radical (unpaired) electrons. The molecule has 0 aliphatic carbocycles. The number of rotatable bonds is 6. The Morgan fingerprint density at radius 1 is 0.254 bits per heavy atom. The lowest BCUT2D eigenvalue weighted by Crippen LogP contribution is -2.10. The first-order valence-electron chi connectivity index (χ1n) is 20.2. The Balaban J connectivity index is 1.02. The Labute approximate surface area is 344 Å². The van der Waals surface area contributed by atoms with Crippen molar-refractivity contribution in [2.24, 2.45) is 0 Å². The van der Waals surface area contributed by atoms with E-state index in [1.54, 1.807) is 0 Å². The van der Waals surface area contributed by atoms with E-state index in [2.05, 4.69) is 216 Å². The third-order valence-electron chi connectivity index (χ3n) is 12.5. The Hall–Kier alpha value is -7.46. The van der Waals surface area contributed by atoms with E-state index in [4.69, 9.17) is 0 Å². The first kappa shape index (κ1) is 32.6. The molecule has 0 bridgehead atoms. The number of thiophene rings is 1. The summed E-state index contributed by atoms with van der Waals surface area (Å²) in [6.07, 6.45) is 0. The third-order valence-corrected chi connectivity index (χ3v) is 13.6. The van der Waals surface area contributed by atoms with Crippen LogP contribution in [0.25, 0.3) is 84.8 Å². The van der Waals surface area contributed by atoms with Crippen molar-refractivity contribution in [3.8, 4) is 0 Å². The average molecular weight is 767 g/mol. The molecule has 0 saturated heterocycles. The van der Waals surface area contributed by atoms with Crippen LogP contribution in [-0.4, -0.2) is 0 Å². The van der Waals surface area contributed by atoms with E-state index in [1.807, 2.05) is 11.3 Å². The van der Waals surface area contributed by atoms with Gasteiger partial charge in [0, 0.05) is 53.7 Å². The van der Waals surface area contributed by atoms with E-state index in [-0.39, 0.29) is 0 Å². The molecule has 0 spiro atoms. The van der Waals surface area contributed by atoms with Crippen molar-refractivity contribution >= 4 is 130 Å². The molecule has 13 rings (SSSR count). The maximum Gasteiger partial charge on any atom is 0.0540 e. The SMILES string of the molecule is c1ccc(N(c2ccc3sc4ccc(N(c5ccccc5)c5ccc6ccc7cccc8ccc5c6c78)cc4c3c2)c2ccc3ccc4cccc5ccc2c3c45)cc1. The van der Waals surface area contributed by atoms with Crippen LogP contribution in [0.5, 0.6) is 0 Å². The van der Waals surface area contributed by atoms with Gasteiger partial charge in [0.25, 0.3) is 0 Å². The summed E-state index contributed by atoms with van der Waals surface area (Å²) < 4.78 is 2.55. The van der Waals surface area contributed by atoms with Gasteiger partial charge in [0.2, 0.25) is 0 Å². The van der Waals surface area contributed by atoms with Crippen LogP contribution in [-0.2, 0) is 0 Å². The van der Waals surface area contributed by atoms with Gasteiger partial charge in [0.15, 0.2) is 0 Å². The van der Waals surface area contributed by atoms with Crippen LogP contribution in [0.15, 0.2) is 206 Å². The molecule has 0 aliphatic rings. The van der Waals surface area contributed by atoms with Crippen LogP contribution in [0.3, 0.4) is 0 Å². The molecule has 12 aromatic carbocycles. The average Bonchev–Trinajstić information content (AvgIpc) is 3.66. The Bertz CT molecular complexity index is 3460. The van der Waals surface area contributed by atoms with E-state index in [9.17, 15) is 0 Å². The van der Waals surface area contributed by atoms with Crippen LogP contribution < -0.4 is 9.80 Å². The highest BCUT2D eigenvalue weighted by atomic mass is 32.1. The standard InChI is InChI=1S/C56H34N2S/c1-3-13-41(14-4-1)57(49-29-23-39-19-17-35-9-7-11-37-21-27-45(49)55(39)53(35)37)43-25-31-51-47(33-43)48-34-44(26-32-52(48)59-51)58(42-15-5-2-6-16-42)50-30-24-40-20-18-36-10-8-12-38-22-28-46(50)56(40)54(36)38/h1-34H. The number of hydrogen-bond acceptors (Lipinski definition) is 3. The molecule has 0 aliphatic heterocycles. The molecule has 274 valence electrons. The number of nitrogens with zero attached hydrogens (tertiary/aromatic N) is 2. The summed E-state index contributed by atoms with van der Waals surface area (Å²) in [6.45, 7) is 0. The zero-order valence-corrected chi connectivity index (χ0v) is 32.7. The van der Waals surface area contributed by atoms with Gasteiger partial charge in [-0.05, 0) is 127 Å². The van der Waals surface area contributed by atoms with Crippen LogP contribution in [0.4, 0.5) is 34.1 Å². The number of fused-ring (bicyclic) bond motifs is 3. The second-order valence-electron chi connectivity index (χ2n) is 15.7. The monoisotopic (exact) mass is 766 g/mol. The van der Waals surface area contributed by atoms with Gasteiger partial charge in [-0.25, -0.2) is 0 Å². The summed E-state index contributed by atoms with van der Waals surface area (Å²) in [7, 11) is 0. The Morgan fingerprint density at radius 3 is 1.05 bits per heavy atom. The molecule has 13 aromatic rings. The third kappa shape index (κ3) is 4.86. The van der Waals surface area contributed by atoms with E-state index < -0.39 is 0 Å². The number of hydrogen-bond donors (Lipinski definition) is 0. The summed E-state index contributed by atoms with van der Waals surface area (Å²) >= 11 is 1.86. The summed E-state index contributed by atoms with van der Waals surface area (Å²) in [6, 6.07) is 76.4. The maximum absolute atomic E-state index is 2.44. The predicted octanol–water partition coefficient (Wildman–Crippen LogP) is 16.8. The van der Waals surface area contributed by atoms with E-state index in [0.717, 1.165) is 22.7 Å². The molecule has 1 aromatic heterocycles. The van der Waals surface area contributed by atoms with Crippen LogP contribution >= 0.6 is 11.3 Å². The minimum Gasteiger partial charge on any atom is -0.310 e. The normalized spacial score (nSPS) is 12.1. The highest BCUT2D eigenvalue weighted by Gasteiger charge is 2.22. The molecule has 0 N–H and O–H groups in total. The quantitative estimate of drug-likeness (QED) is 0.156. The lowest BCUT2D eigenvalue weighted by atomic mass is 9.93. The van der Waals surface area contributed by atoms with Crippen molar-refractivity contribution in [1.82, 2.24) is 0 Å². The van der Waals surface area contributed by atoms with Crippen LogP contribution in [0, 0.1) is 0 Å². The fourth-order valence-electron chi connectivity index (χ4n) is 9.87. The van der Waals surface area contributed by atoms with E-state index in [1.165, 1.54) is 96.2 Å². The van der Waals surface area contributed by atoms with Gasteiger partial charge in [0.05, 0.1) is 11.4 Å². The maximum atomic E-state index is 2.44. The summed E-state index contributed by atoms with van der Waals surface area (Å²) in [4.78, 5) is 4.89. The fraction of sp³-hybridized carbons (Fsp3) is 0. The molecule has 0 saturated carbocycles. The van der Waals surface area contributed by atoms with E-state index >= 15 is 0 Å². The topological polar surface area (TPSA) is 6.48 Å². The molecule has 0 atom stereocenters. The fourth-order valence-corrected chi connectivity index (χ4v) is 10.9. The van der Waals surface area contributed by atoms with E-state index in [0.29, 0.717) is 0 Å². The molecule has 0 unspecified atom stereocenters. The second kappa shape index (κ2) is 12.5. The van der Waals surface area contributed by atoms with Crippen molar-refractivity contribution in [2.45, 2.75) is 0 Å². The van der Waals surface area contributed by atoms with Crippen molar-refractivity contribution in [1.29, 1.82) is 0 Å². The molecule has 1 heterocycles. The Kier molecular flexibility index (Phi) is 6.92. The summed E-state index contributed by atoms with van der Waals surface area (Å²) in [5.74, 6) is 0.